The number of nitrogens with zero attached hydrogens (tertiary/aromatic N) is 2. The van der Waals surface area contributed by atoms with Gasteiger partial charge in [-0.25, -0.2) is 4.40 Å². The molecule has 20 heavy (non-hydrogen) atoms. The van der Waals surface area contributed by atoms with E-state index >= 15 is 0 Å². The fourth-order valence-electron chi connectivity index (χ4n) is 2.27. The van der Waals surface area contributed by atoms with Gasteiger partial charge in [-0.05, 0) is 36.4 Å². The quantitative estimate of drug-likeness (QED) is 0.495. The summed E-state index contributed by atoms with van der Waals surface area (Å²) in [5, 5.41) is 1.42. The number of hydrogen-bond donors (Lipinski definition) is 0. The number of aromatic nitrogens is 2. The summed E-state index contributed by atoms with van der Waals surface area (Å²) >= 11 is 11.9. The zero-order chi connectivity index (χ0) is 13.9. The molecule has 0 amide bonds. The number of hydrogen-bond acceptors (Lipinski definition) is 3. The molecular weight excluding hydrogens is 299 g/mol. The Labute approximate surface area is 122 Å². The highest BCUT2D eigenvalue weighted by molar-refractivity contribution is 6.31. The Bertz CT molecular complexity index is 1050. The summed E-state index contributed by atoms with van der Waals surface area (Å²) in [6.45, 7) is 0. The minimum absolute atomic E-state index is 0.228. The second-order valence-corrected chi connectivity index (χ2v) is 5.28. The molecule has 0 saturated heterocycles. The third kappa shape index (κ3) is 1.55. The Hall–Kier alpha value is -2.04. The highest BCUT2D eigenvalue weighted by Gasteiger charge is 2.13. The van der Waals surface area contributed by atoms with Gasteiger partial charge in [-0.3, -0.25) is 4.79 Å². The molecule has 0 spiro atoms. The summed E-state index contributed by atoms with van der Waals surface area (Å²) < 4.78 is 7.06. The molecule has 4 rings (SSSR count). The lowest BCUT2D eigenvalue weighted by atomic mass is 10.2. The smallest absolute Gasteiger partial charge is 0.310 e. The van der Waals surface area contributed by atoms with Crippen LogP contribution in [0.2, 0.25) is 10.0 Å². The predicted molar refractivity (Wildman–Crippen MR) is 78.8 cm³/mol. The first kappa shape index (κ1) is 11.8. The normalized spacial score (nSPS) is 11.7. The molecule has 0 bridgehead atoms. The Morgan fingerprint density at radius 1 is 1.05 bits per heavy atom. The zero-order valence-electron chi connectivity index (χ0n) is 9.93. The predicted octanol–water partition coefficient (Wildman–Crippen LogP) is 3.90. The van der Waals surface area contributed by atoms with Crippen molar-refractivity contribution >= 4 is 51.0 Å². The van der Waals surface area contributed by atoms with Crippen LogP contribution in [0.5, 0.6) is 0 Å². The third-order valence-electron chi connectivity index (χ3n) is 3.16. The van der Waals surface area contributed by atoms with E-state index in [1.807, 2.05) is 0 Å². The van der Waals surface area contributed by atoms with Gasteiger partial charge in [0.15, 0.2) is 0 Å². The zero-order valence-corrected chi connectivity index (χ0v) is 11.4. The van der Waals surface area contributed by atoms with Crippen LogP contribution >= 0.6 is 23.2 Å². The molecule has 0 radical (unpaired) electrons. The topological polar surface area (TPSA) is 47.5 Å². The van der Waals surface area contributed by atoms with Crippen molar-refractivity contribution in [2.45, 2.75) is 0 Å². The van der Waals surface area contributed by atoms with E-state index in [0.717, 1.165) is 0 Å². The number of benzene rings is 2. The molecule has 98 valence electrons. The lowest BCUT2D eigenvalue weighted by molar-refractivity contribution is 0.616. The van der Waals surface area contributed by atoms with Crippen LogP contribution in [0.15, 0.2) is 45.6 Å². The van der Waals surface area contributed by atoms with Crippen LogP contribution in [-0.4, -0.2) is 9.38 Å². The van der Waals surface area contributed by atoms with Crippen LogP contribution < -0.4 is 5.56 Å². The van der Waals surface area contributed by atoms with Crippen LogP contribution in [-0.2, 0) is 0 Å². The molecule has 0 atom stereocenters. The van der Waals surface area contributed by atoms with Crippen LogP contribution in [0, 0.1) is 0 Å². The minimum Gasteiger partial charge on any atom is -0.424 e. The van der Waals surface area contributed by atoms with Crippen molar-refractivity contribution in [2.24, 2.45) is 0 Å². The van der Waals surface area contributed by atoms with Crippen LogP contribution in [0.3, 0.4) is 0 Å². The van der Waals surface area contributed by atoms with E-state index in [1.54, 1.807) is 36.4 Å². The minimum atomic E-state index is -0.228. The number of rotatable bonds is 0. The summed E-state index contributed by atoms with van der Waals surface area (Å²) in [6, 6.07) is 10.1. The van der Waals surface area contributed by atoms with Crippen molar-refractivity contribution in [1.82, 2.24) is 9.38 Å². The molecule has 0 aliphatic heterocycles. The SMILES string of the molecule is O=c1c2cc(Cl)ccc2oc2nc3ccc(Cl)cc3n12. The van der Waals surface area contributed by atoms with E-state index in [9.17, 15) is 4.79 Å². The lowest BCUT2D eigenvalue weighted by Crippen LogP contribution is -2.12. The first-order chi connectivity index (χ1) is 9.63. The van der Waals surface area contributed by atoms with Gasteiger partial charge in [0.25, 0.3) is 5.56 Å². The summed E-state index contributed by atoms with van der Waals surface area (Å²) in [5.74, 6) is 0.238. The van der Waals surface area contributed by atoms with Crippen molar-refractivity contribution in [3.05, 3.63) is 56.8 Å². The van der Waals surface area contributed by atoms with Gasteiger partial charge in [0.2, 0.25) is 0 Å². The Morgan fingerprint density at radius 2 is 1.80 bits per heavy atom. The Balaban J connectivity index is 2.32. The molecule has 0 unspecified atom stereocenters. The molecule has 0 aliphatic carbocycles. The maximum atomic E-state index is 12.6. The molecule has 4 nitrogen and oxygen atoms in total. The number of fused-ring (bicyclic) bond motifs is 4. The summed E-state index contributed by atoms with van der Waals surface area (Å²) in [5.41, 5.74) is 1.49. The average Bonchev–Trinajstić information content (AvgIpc) is 2.77. The van der Waals surface area contributed by atoms with Gasteiger partial charge in [-0.15, -0.1) is 0 Å². The van der Waals surface area contributed by atoms with Crippen LogP contribution in [0.1, 0.15) is 0 Å². The summed E-state index contributed by atoms with van der Waals surface area (Å²) in [4.78, 5) is 16.9. The van der Waals surface area contributed by atoms with Crippen molar-refractivity contribution in [2.75, 3.05) is 0 Å². The first-order valence-electron chi connectivity index (χ1n) is 5.83. The maximum Gasteiger partial charge on any atom is 0.310 e. The van der Waals surface area contributed by atoms with Gasteiger partial charge >= 0.3 is 5.84 Å². The monoisotopic (exact) mass is 304 g/mol. The molecule has 6 heteroatoms. The molecular formula is C14H6Cl2N2O2. The van der Waals surface area contributed by atoms with Gasteiger partial charge in [0, 0.05) is 10.0 Å². The van der Waals surface area contributed by atoms with Crippen molar-refractivity contribution in [3.63, 3.8) is 0 Å². The molecule has 0 fully saturated rings. The molecule has 0 aliphatic rings. The molecule has 2 aromatic heterocycles. The lowest BCUT2D eigenvalue weighted by Gasteiger charge is -1.99. The van der Waals surface area contributed by atoms with Crippen molar-refractivity contribution in [1.29, 1.82) is 0 Å². The number of imidazole rings is 1. The second kappa shape index (κ2) is 3.98. The van der Waals surface area contributed by atoms with Gasteiger partial charge in [0.05, 0.1) is 16.4 Å². The first-order valence-corrected chi connectivity index (χ1v) is 6.59. The van der Waals surface area contributed by atoms with Crippen molar-refractivity contribution in [3.8, 4) is 0 Å². The largest absolute Gasteiger partial charge is 0.424 e. The van der Waals surface area contributed by atoms with Crippen LogP contribution in [0.4, 0.5) is 0 Å². The van der Waals surface area contributed by atoms with Crippen molar-refractivity contribution < 1.29 is 4.42 Å². The standard InChI is InChI=1S/C14H6Cl2N2O2/c15-7-2-4-12-9(5-7)13(19)18-11-6-8(16)1-3-10(11)17-14(18)20-12/h1-6H. The van der Waals surface area contributed by atoms with Gasteiger partial charge < -0.3 is 4.42 Å². The maximum absolute atomic E-state index is 12.6. The third-order valence-corrected chi connectivity index (χ3v) is 3.63. The fraction of sp³-hybridized carbons (Fsp3) is 0. The Morgan fingerprint density at radius 3 is 2.65 bits per heavy atom. The van der Waals surface area contributed by atoms with Gasteiger partial charge in [-0.2, -0.15) is 4.98 Å². The fourth-order valence-corrected chi connectivity index (χ4v) is 2.61. The van der Waals surface area contributed by atoms with E-state index in [1.165, 1.54) is 4.40 Å². The van der Waals surface area contributed by atoms with E-state index in [0.29, 0.717) is 32.0 Å². The number of halogens is 2. The van der Waals surface area contributed by atoms with Gasteiger partial charge in [-0.1, -0.05) is 23.2 Å². The molecule has 2 aromatic carbocycles. The van der Waals surface area contributed by atoms with Gasteiger partial charge in [0.1, 0.15) is 5.58 Å². The molecule has 0 saturated carbocycles. The van der Waals surface area contributed by atoms with E-state index in [-0.39, 0.29) is 11.4 Å². The highest BCUT2D eigenvalue weighted by atomic mass is 35.5. The summed E-state index contributed by atoms with van der Waals surface area (Å²) in [6.07, 6.45) is 0. The molecule has 0 N–H and O–H groups in total. The Kier molecular flexibility index (Phi) is 2.34. The van der Waals surface area contributed by atoms with E-state index in [4.69, 9.17) is 27.6 Å². The van der Waals surface area contributed by atoms with E-state index in [2.05, 4.69) is 4.98 Å². The van der Waals surface area contributed by atoms with Crippen LogP contribution in [0.25, 0.3) is 27.8 Å². The molecule has 2 heterocycles. The second-order valence-electron chi connectivity index (χ2n) is 4.41. The summed E-state index contributed by atoms with van der Waals surface area (Å²) in [7, 11) is 0. The average molecular weight is 305 g/mol. The molecule has 4 aromatic rings. The van der Waals surface area contributed by atoms with E-state index < -0.39 is 0 Å². The highest BCUT2D eigenvalue weighted by Crippen LogP contribution is 2.23.